The second kappa shape index (κ2) is 8.49. The average Bonchev–Trinajstić information content (AvgIpc) is 2.54. The maximum Gasteiger partial charge on any atom is 0.321 e. The number of rotatable bonds is 7. The molecule has 0 bridgehead atoms. The van der Waals surface area contributed by atoms with Gasteiger partial charge in [-0.1, -0.05) is 19.9 Å². The molecule has 0 unspecified atom stereocenters. The van der Waals surface area contributed by atoms with Gasteiger partial charge in [-0.3, -0.25) is 10.1 Å². The van der Waals surface area contributed by atoms with E-state index in [4.69, 9.17) is 0 Å². The number of imide groups is 1. The minimum Gasteiger partial charge on any atom is -0.376 e. The number of carbonyl (C=O) groups excluding carboxylic acids is 2. The Morgan fingerprint density at radius 3 is 2.39 bits per heavy atom. The topological polar surface area (TPSA) is 108 Å². The summed E-state index contributed by atoms with van der Waals surface area (Å²) in [4.78, 5) is 22.7. The Morgan fingerprint density at radius 2 is 1.83 bits per heavy atom. The number of urea groups is 1. The molecule has 3 amide bonds. The van der Waals surface area contributed by atoms with Gasteiger partial charge in [-0.25, -0.2) is 13.2 Å². The fraction of sp³-hybridized carbons (Fsp3) is 0.429. The van der Waals surface area contributed by atoms with Gasteiger partial charge in [0.1, 0.15) is 0 Å². The van der Waals surface area contributed by atoms with Crippen molar-refractivity contribution in [3.63, 3.8) is 0 Å². The summed E-state index contributed by atoms with van der Waals surface area (Å²) in [7, 11) is -2.16. The quantitative estimate of drug-likeness (QED) is 0.672. The van der Waals surface area contributed by atoms with Gasteiger partial charge < -0.3 is 10.6 Å². The number of nitrogens with zero attached hydrogens (tertiary/aromatic N) is 1. The fourth-order valence-electron chi connectivity index (χ4n) is 1.89. The summed E-state index contributed by atoms with van der Waals surface area (Å²) in [6.07, 6.45) is 0. The normalized spacial score (nSPS) is 11.1. The van der Waals surface area contributed by atoms with Gasteiger partial charge in [0.05, 0.1) is 11.4 Å². The summed E-state index contributed by atoms with van der Waals surface area (Å²) in [6, 6.07) is 5.60. The molecule has 1 aromatic rings. The number of sulfonamides is 1. The van der Waals surface area contributed by atoms with E-state index in [1.807, 2.05) is 0 Å². The van der Waals surface area contributed by atoms with Crippen molar-refractivity contribution in [3.8, 4) is 0 Å². The first-order valence-corrected chi connectivity index (χ1v) is 8.64. The second-order valence-electron chi connectivity index (χ2n) is 4.60. The summed E-state index contributed by atoms with van der Waals surface area (Å²) in [5, 5.41) is 7.15. The fourth-order valence-corrected chi connectivity index (χ4v) is 3.40. The van der Waals surface area contributed by atoms with Gasteiger partial charge in [0.15, 0.2) is 0 Å². The van der Waals surface area contributed by atoms with Crippen LogP contribution in [0, 0.1) is 0 Å². The van der Waals surface area contributed by atoms with E-state index in [-0.39, 0.29) is 11.4 Å². The lowest BCUT2D eigenvalue weighted by Crippen LogP contribution is -2.40. The monoisotopic (exact) mass is 342 g/mol. The van der Waals surface area contributed by atoms with E-state index in [0.29, 0.717) is 18.8 Å². The van der Waals surface area contributed by atoms with Crippen LogP contribution in [0.5, 0.6) is 0 Å². The van der Waals surface area contributed by atoms with Crippen molar-refractivity contribution < 1.29 is 18.0 Å². The molecule has 0 aliphatic rings. The number of nitrogens with one attached hydrogen (secondary N) is 3. The summed E-state index contributed by atoms with van der Waals surface area (Å²) >= 11 is 0. The number of amides is 3. The first kappa shape index (κ1) is 18.9. The van der Waals surface area contributed by atoms with E-state index in [9.17, 15) is 18.0 Å². The van der Waals surface area contributed by atoms with E-state index in [2.05, 4.69) is 16.0 Å². The Hall–Kier alpha value is -2.13. The molecule has 0 atom stereocenters. The van der Waals surface area contributed by atoms with Gasteiger partial charge in [0.2, 0.25) is 15.9 Å². The number of benzene rings is 1. The van der Waals surface area contributed by atoms with Gasteiger partial charge in [0, 0.05) is 25.8 Å². The predicted octanol–water partition coefficient (Wildman–Crippen LogP) is 0.585. The molecule has 9 heteroatoms. The Bertz CT molecular complexity index is 656. The Kier molecular flexibility index (Phi) is 6.98. The van der Waals surface area contributed by atoms with Gasteiger partial charge in [0.25, 0.3) is 0 Å². The lowest BCUT2D eigenvalue weighted by atomic mass is 10.3. The molecule has 23 heavy (non-hydrogen) atoms. The van der Waals surface area contributed by atoms with Crippen molar-refractivity contribution in [2.24, 2.45) is 0 Å². The number of hydrogen-bond acceptors (Lipinski definition) is 5. The molecule has 0 radical (unpaired) electrons. The Balaban J connectivity index is 2.81. The van der Waals surface area contributed by atoms with Crippen LogP contribution in [-0.4, -0.2) is 51.3 Å². The van der Waals surface area contributed by atoms with Crippen LogP contribution in [0.1, 0.15) is 13.8 Å². The molecule has 0 saturated carbocycles. The zero-order valence-electron chi connectivity index (χ0n) is 13.4. The standard InChI is InChI=1S/C14H22N4O4S/c1-4-18(5-2)23(21,22)12-8-6-7-11(9-12)16-10-13(19)17-14(20)15-3/h6-9,16H,4-5,10H2,1-3H3,(H2,15,17,19,20). The Labute approximate surface area is 136 Å². The number of anilines is 1. The van der Waals surface area contributed by atoms with E-state index < -0.39 is 22.0 Å². The maximum atomic E-state index is 12.4. The van der Waals surface area contributed by atoms with Crippen LogP contribution in [0.4, 0.5) is 10.5 Å². The molecule has 0 aliphatic heterocycles. The molecule has 3 N–H and O–H groups in total. The minimum absolute atomic E-state index is 0.151. The first-order chi connectivity index (χ1) is 10.8. The van der Waals surface area contributed by atoms with E-state index in [0.717, 1.165) is 0 Å². The molecule has 0 saturated heterocycles. The summed E-state index contributed by atoms with van der Waals surface area (Å²) in [5.41, 5.74) is 0.477. The van der Waals surface area contributed by atoms with Crippen molar-refractivity contribution in [1.29, 1.82) is 0 Å². The third-order valence-corrected chi connectivity index (χ3v) is 5.16. The molecule has 8 nitrogen and oxygen atoms in total. The van der Waals surface area contributed by atoms with Crippen LogP contribution in [-0.2, 0) is 14.8 Å². The van der Waals surface area contributed by atoms with Crippen molar-refractivity contribution in [3.05, 3.63) is 24.3 Å². The molecular weight excluding hydrogens is 320 g/mol. The number of carbonyl (C=O) groups is 2. The van der Waals surface area contributed by atoms with Crippen LogP contribution < -0.4 is 16.0 Å². The lowest BCUT2D eigenvalue weighted by molar-refractivity contribution is -0.118. The minimum atomic E-state index is -3.56. The van der Waals surface area contributed by atoms with E-state index in [1.54, 1.807) is 26.0 Å². The molecule has 0 aromatic heterocycles. The molecule has 0 fully saturated rings. The zero-order valence-corrected chi connectivity index (χ0v) is 14.2. The highest BCUT2D eigenvalue weighted by Crippen LogP contribution is 2.19. The van der Waals surface area contributed by atoms with Crippen molar-refractivity contribution in [1.82, 2.24) is 14.9 Å². The molecule has 0 aliphatic carbocycles. The highest BCUT2D eigenvalue weighted by atomic mass is 32.2. The number of hydrogen-bond donors (Lipinski definition) is 3. The predicted molar refractivity (Wildman–Crippen MR) is 87.6 cm³/mol. The molecule has 1 rings (SSSR count). The van der Waals surface area contributed by atoms with Gasteiger partial charge >= 0.3 is 6.03 Å². The van der Waals surface area contributed by atoms with Crippen molar-refractivity contribution in [2.45, 2.75) is 18.7 Å². The van der Waals surface area contributed by atoms with Crippen LogP contribution >= 0.6 is 0 Å². The van der Waals surface area contributed by atoms with Crippen LogP contribution in [0.3, 0.4) is 0 Å². The SMILES string of the molecule is CCN(CC)S(=O)(=O)c1cccc(NCC(=O)NC(=O)NC)c1. The molecule has 128 valence electrons. The van der Waals surface area contributed by atoms with Crippen LogP contribution in [0.25, 0.3) is 0 Å². The van der Waals surface area contributed by atoms with Crippen LogP contribution in [0.15, 0.2) is 29.2 Å². The Morgan fingerprint density at radius 1 is 1.17 bits per heavy atom. The lowest BCUT2D eigenvalue weighted by Gasteiger charge is -2.19. The summed E-state index contributed by atoms with van der Waals surface area (Å²) in [6.45, 7) is 4.15. The maximum absolute atomic E-state index is 12.4. The highest BCUT2D eigenvalue weighted by Gasteiger charge is 2.21. The molecule has 0 heterocycles. The van der Waals surface area contributed by atoms with Crippen molar-refractivity contribution in [2.75, 3.05) is 32.0 Å². The van der Waals surface area contributed by atoms with Gasteiger partial charge in [-0.15, -0.1) is 0 Å². The summed E-state index contributed by atoms with van der Waals surface area (Å²) in [5.74, 6) is -0.527. The zero-order chi connectivity index (χ0) is 17.5. The van der Waals surface area contributed by atoms with Gasteiger partial charge in [-0.2, -0.15) is 4.31 Å². The highest BCUT2D eigenvalue weighted by molar-refractivity contribution is 7.89. The smallest absolute Gasteiger partial charge is 0.321 e. The largest absolute Gasteiger partial charge is 0.376 e. The second-order valence-corrected chi connectivity index (χ2v) is 6.54. The third-order valence-electron chi connectivity index (χ3n) is 3.11. The van der Waals surface area contributed by atoms with Crippen LogP contribution in [0.2, 0.25) is 0 Å². The average molecular weight is 342 g/mol. The summed E-state index contributed by atoms with van der Waals surface area (Å²) < 4.78 is 26.2. The van der Waals surface area contributed by atoms with Gasteiger partial charge in [-0.05, 0) is 18.2 Å². The van der Waals surface area contributed by atoms with E-state index >= 15 is 0 Å². The molecule has 1 aromatic carbocycles. The first-order valence-electron chi connectivity index (χ1n) is 7.20. The van der Waals surface area contributed by atoms with Crippen molar-refractivity contribution >= 4 is 27.6 Å². The van der Waals surface area contributed by atoms with E-state index in [1.165, 1.54) is 23.5 Å². The third kappa shape index (κ3) is 5.22. The molecule has 0 spiro atoms. The molecular formula is C14H22N4O4S.